The minimum Gasteiger partial charge on any atom is -0.489 e. The maximum atomic E-state index is 12.9. The van der Waals surface area contributed by atoms with Crippen LogP contribution in [-0.4, -0.2) is 38.6 Å². The van der Waals surface area contributed by atoms with Gasteiger partial charge in [-0.1, -0.05) is 0 Å². The Balaban J connectivity index is 1.82. The van der Waals surface area contributed by atoms with Crippen LogP contribution in [0.15, 0.2) is 29.3 Å². The normalized spacial score (nSPS) is 13.2. The molecular formula is C18H18N6O4. The molecule has 0 aliphatic carbocycles. The third-order valence-corrected chi connectivity index (χ3v) is 4.31. The molecule has 3 aromatic rings. The van der Waals surface area contributed by atoms with Crippen LogP contribution in [0.1, 0.15) is 23.7 Å². The van der Waals surface area contributed by atoms with Gasteiger partial charge in [0.25, 0.3) is 11.5 Å². The van der Waals surface area contributed by atoms with E-state index in [2.05, 4.69) is 20.3 Å². The molecule has 3 N–H and O–H groups in total. The zero-order chi connectivity index (χ0) is 19.7. The van der Waals surface area contributed by atoms with Crippen molar-refractivity contribution in [1.82, 2.24) is 19.5 Å². The number of nitrogen functional groups attached to an aromatic ring is 1. The molecule has 1 aliphatic rings. The van der Waals surface area contributed by atoms with Gasteiger partial charge in [-0.2, -0.15) is 0 Å². The molecule has 0 saturated carbocycles. The highest BCUT2D eigenvalue weighted by Gasteiger charge is 2.20. The number of rotatable bonds is 3. The van der Waals surface area contributed by atoms with Gasteiger partial charge in [-0.3, -0.25) is 19.5 Å². The quantitative estimate of drug-likeness (QED) is 0.690. The first kappa shape index (κ1) is 17.7. The predicted octanol–water partition coefficient (Wildman–Crippen LogP) is 1.20. The summed E-state index contributed by atoms with van der Waals surface area (Å²) in [4.78, 5) is 37.6. The van der Waals surface area contributed by atoms with E-state index in [1.165, 1.54) is 17.0 Å². The van der Waals surface area contributed by atoms with Gasteiger partial charge in [0.1, 0.15) is 5.52 Å². The number of carbonyl (C=O) groups excluding carboxylic acids is 1. The highest BCUT2D eigenvalue weighted by molar-refractivity contribution is 6.03. The summed E-state index contributed by atoms with van der Waals surface area (Å²) in [7, 11) is 0. The second kappa shape index (κ2) is 7.14. The lowest BCUT2D eigenvalue weighted by atomic mass is 10.2. The smallest absolute Gasteiger partial charge is 0.262 e. The van der Waals surface area contributed by atoms with Crippen molar-refractivity contribution in [3.8, 4) is 11.5 Å². The standard InChI is InChI=1S/C18H18N6O4/c1-2-24-16(26)11-4-5-12-14(28-7-3-6-27-12)13(11)22-18(24)23-15(25)10-8-20-17(19)21-9-10/h4-5,8-9H,2-3,6-7H2,1H3,(H2,19,20,21)(H,22,23,25). The highest BCUT2D eigenvalue weighted by atomic mass is 16.5. The van der Waals surface area contributed by atoms with Crippen molar-refractivity contribution >= 4 is 28.7 Å². The van der Waals surface area contributed by atoms with Crippen LogP contribution in [0.4, 0.5) is 11.9 Å². The molecule has 4 rings (SSSR count). The number of anilines is 2. The molecule has 0 atom stereocenters. The summed E-state index contributed by atoms with van der Waals surface area (Å²) in [5.74, 6) is 0.582. The second-order valence-electron chi connectivity index (χ2n) is 6.11. The van der Waals surface area contributed by atoms with Crippen LogP contribution in [0.2, 0.25) is 0 Å². The van der Waals surface area contributed by atoms with Crippen LogP contribution in [-0.2, 0) is 6.54 Å². The van der Waals surface area contributed by atoms with E-state index < -0.39 is 5.91 Å². The Kier molecular flexibility index (Phi) is 4.52. The van der Waals surface area contributed by atoms with E-state index in [1.54, 1.807) is 19.1 Å². The summed E-state index contributed by atoms with van der Waals surface area (Å²) < 4.78 is 12.8. The van der Waals surface area contributed by atoms with E-state index in [0.717, 1.165) is 6.42 Å². The number of nitrogens with one attached hydrogen (secondary N) is 1. The maximum Gasteiger partial charge on any atom is 0.262 e. The summed E-state index contributed by atoms with van der Waals surface area (Å²) >= 11 is 0. The molecule has 0 radical (unpaired) electrons. The number of hydrogen-bond acceptors (Lipinski definition) is 8. The van der Waals surface area contributed by atoms with Crippen LogP contribution in [0.3, 0.4) is 0 Å². The van der Waals surface area contributed by atoms with Crippen molar-refractivity contribution < 1.29 is 14.3 Å². The summed E-state index contributed by atoms with van der Waals surface area (Å²) in [5.41, 5.74) is 5.70. The number of nitrogens with two attached hydrogens (primary N) is 1. The zero-order valence-corrected chi connectivity index (χ0v) is 15.1. The van der Waals surface area contributed by atoms with Crippen LogP contribution >= 0.6 is 0 Å². The largest absolute Gasteiger partial charge is 0.489 e. The van der Waals surface area contributed by atoms with Gasteiger partial charge in [0, 0.05) is 25.4 Å². The number of benzene rings is 1. The molecule has 10 nitrogen and oxygen atoms in total. The molecule has 1 aromatic carbocycles. The summed E-state index contributed by atoms with van der Waals surface area (Å²) in [6.07, 6.45) is 3.33. The number of hydrogen-bond donors (Lipinski definition) is 2. The van der Waals surface area contributed by atoms with Gasteiger partial charge in [0.15, 0.2) is 11.5 Å². The molecule has 144 valence electrons. The topological polar surface area (TPSA) is 134 Å². The van der Waals surface area contributed by atoms with E-state index >= 15 is 0 Å². The van der Waals surface area contributed by atoms with E-state index in [-0.39, 0.29) is 23.0 Å². The van der Waals surface area contributed by atoms with Crippen molar-refractivity contribution in [3.63, 3.8) is 0 Å². The lowest BCUT2D eigenvalue weighted by molar-refractivity contribution is 0.102. The Morgan fingerprint density at radius 3 is 2.75 bits per heavy atom. The Hall–Kier alpha value is -3.69. The van der Waals surface area contributed by atoms with Gasteiger partial charge >= 0.3 is 0 Å². The van der Waals surface area contributed by atoms with Gasteiger partial charge in [-0.15, -0.1) is 0 Å². The minimum atomic E-state index is -0.507. The molecular weight excluding hydrogens is 364 g/mol. The van der Waals surface area contributed by atoms with E-state index in [1.807, 2.05) is 0 Å². The highest BCUT2D eigenvalue weighted by Crippen LogP contribution is 2.35. The fourth-order valence-electron chi connectivity index (χ4n) is 2.93. The Morgan fingerprint density at radius 1 is 1.25 bits per heavy atom. The Morgan fingerprint density at radius 2 is 2.00 bits per heavy atom. The first-order valence-electron chi connectivity index (χ1n) is 8.80. The maximum absolute atomic E-state index is 12.9. The number of fused-ring (bicyclic) bond motifs is 3. The number of aromatic nitrogens is 4. The van der Waals surface area contributed by atoms with E-state index in [9.17, 15) is 9.59 Å². The van der Waals surface area contributed by atoms with Crippen molar-refractivity contribution in [2.24, 2.45) is 0 Å². The first-order valence-corrected chi connectivity index (χ1v) is 8.80. The van der Waals surface area contributed by atoms with E-state index in [4.69, 9.17) is 15.2 Å². The van der Waals surface area contributed by atoms with Crippen LogP contribution < -0.4 is 26.1 Å². The minimum absolute atomic E-state index is 0.0608. The first-order chi connectivity index (χ1) is 13.6. The molecule has 28 heavy (non-hydrogen) atoms. The molecule has 1 amide bonds. The third-order valence-electron chi connectivity index (χ3n) is 4.31. The van der Waals surface area contributed by atoms with Crippen LogP contribution in [0.5, 0.6) is 11.5 Å². The Labute approximate surface area is 159 Å². The van der Waals surface area contributed by atoms with E-state index in [0.29, 0.717) is 42.2 Å². The summed E-state index contributed by atoms with van der Waals surface area (Å²) in [6, 6.07) is 3.36. The molecule has 1 aliphatic heterocycles. The van der Waals surface area contributed by atoms with Gasteiger partial charge in [-0.25, -0.2) is 15.0 Å². The Bertz CT molecular complexity index is 1110. The molecule has 0 unspecified atom stereocenters. The average Bonchev–Trinajstić information content (AvgIpc) is 2.94. The van der Waals surface area contributed by atoms with Crippen molar-refractivity contribution in [2.45, 2.75) is 19.9 Å². The third kappa shape index (κ3) is 3.08. The second-order valence-corrected chi connectivity index (χ2v) is 6.11. The summed E-state index contributed by atoms with van der Waals surface area (Å²) in [5, 5.41) is 3.04. The van der Waals surface area contributed by atoms with Gasteiger partial charge in [0.05, 0.1) is 24.2 Å². The fraction of sp³-hybridized carbons (Fsp3) is 0.278. The lowest BCUT2D eigenvalue weighted by Crippen LogP contribution is -2.27. The van der Waals surface area contributed by atoms with Gasteiger partial charge < -0.3 is 15.2 Å². The number of amides is 1. The molecule has 0 spiro atoms. The molecule has 10 heteroatoms. The molecule has 0 saturated heterocycles. The average molecular weight is 382 g/mol. The van der Waals surface area contributed by atoms with Gasteiger partial charge in [0.2, 0.25) is 11.9 Å². The van der Waals surface area contributed by atoms with Crippen LogP contribution in [0, 0.1) is 0 Å². The van der Waals surface area contributed by atoms with Crippen molar-refractivity contribution in [2.75, 3.05) is 24.3 Å². The molecule has 2 aromatic heterocycles. The lowest BCUT2D eigenvalue weighted by Gasteiger charge is -2.15. The monoisotopic (exact) mass is 382 g/mol. The van der Waals surface area contributed by atoms with Gasteiger partial charge in [-0.05, 0) is 19.1 Å². The molecule has 0 fully saturated rings. The summed E-state index contributed by atoms with van der Waals surface area (Å²) in [6.45, 7) is 3.09. The number of carbonyl (C=O) groups is 1. The molecule has 3 heterocycles. The number of nitrogens with zero attached hydrogens (tertiary/aromatic N) is 4. The SMILES string of the molecule is CCn1c(NC(=O)c2cnc(N)nc2)nc2c3c(ccc2c1=O)OCCCO3. The van der Waals surface area contributed by atoms with Crippen LogP contribution in [0.25, 0.3) is 10.9 Å². The molecule has 0 bridgehead atoms. The van der Waals surface area contributed by atoms with Crippen molar-refractivity contribution in [3.05, 3.63) is 40.4 Å². The number of ether oxygens (including phenoxy) is 2. The fourth-order valence-corrected chi connectivity index (χ4v) is 2.93. The zero-order valence-electron chi connectivity index (χ0n) is 15.1. The predicted molar refractivity (Wildman–Crippen MR) is 102 cm³/mol. The van der Waals surface area contributed by atoms with Crippen molar-refractivity contribution in [1.29, 1.82) is 0 Å².